The van der Waals surface area contributed by atoms with Crippen LogP contribution in [0.15, 0.2) is 12.1 Å². The van der Waals surface area contributed by atoms with Gasteiger partial charge in [-0.05, 0) is 32.1 Å². The minimum absolute atomic E-state index is 0.642. The van der Waals surface area contributed by atoms with Crippen molar-refractivity contribution < 1.29 is 0 Å². The molecule has 1 aromatic heterocycles. The van der Waals surface area contributed by atoms with Crippen LogP contribution in [0.2, 0.25) is 5.02 Å². The van der Waals surface area contributed by atoms with Gasteiger partial charge in [0.15, 0.2) is 0 Å². The Labute approximate surface area is 102 Å². The molecule has 0 saturated heterocycles. The molecule has 1 rings (SSSR count). The fourth-order valence-corrected chi connectivity index (χ4v) is 1.60. The molecule has 16 heavy (non-hydrogen) atoms. The fraction of sp³-hybridized carbons (Fsp3) is 0.545. The Morgan fingerprint density at radius 1 is 1.50 bits per heavy atom. The van der Waals surface area contributed by atoms with Crippen molar-refractivity contribution in [2.45, 2.75) is 26.3 Å². The molecule has 1 aromatic rings. The van der Waals surface area contributed by atoms with Gasteiger partial charge in [0.1, 0.15) is 5.82 Å². The third-order valence-electron chi connectivity index (χ3n) is 2.38. The first kappa shape index (κ1) is 13.2. The minimum atomic E-state index is 0.642. The lowest BCUT2D eigenvalue weighted by Gasteiger charge is -2.16. The molecule has 0 unspecified atom stereocenters. The van der Waals surface area contributed by atoms with E-state index in [0.29, 0.717) is 10.8 Å². The molecule has 0 aliphatic heterocycles. The van der Waals surface area contributed by atoms with Gasteiger partial charge in [0, 0.05) is 6.54 Å². The second-order valence-electron chi connectivity index (χ2n) is 3.86. The number of nitrogens with one attached hydrogen (secondary N) is 1. The van der Waals surface area contributed by atoms with Gasteiger partial charge in [-0.3, -0.25) is 0 Å². The number of unbranched alkanes of at least 4 members (excludes halogenated alkanes) is 1. The number of nitrogens with zero attached hydrogens (tertiary/aromatic N) is 2. The molecule has 5 heteroatoms. The predicted octanol–water partition coefficient (Wildman–Crippen LogP) is 2.25. The third-order valence-corrected chi connectivity index (χ3v) is 2.72. The number of nitrogen functional groups attached to an aromatic ring is 1. The van der Waals surface area contributed by atoms with E-state index in [4.69, 9.17) is 17.4 Å². The van der Waals surface area contributed by atoms with E-state index >= 15 is 0 Å². The van der Waals surface area contributed by atoms with Crippen molar-refractivity contribution in [2.24, 2.45) is 5.84 Å². The summed E-state index contributed by atoms with van der Waals surface area (Å²) >= 11 is 6.07. The van der Waals surface area contributed by atoms with Crippen LogP contribution in [-0.2, 0) is 6.54 Å². The van der Waals surface area contributed by atoms with E-state index in [9.17, 15) is 0 Å². The van der Waals surface area contributed by atoms with Gasteiger partial charge >= 0.3 is 0 Å². The van der Waals surface area contributed by atoms with Crippen molar-refractivity contribution in [2.75, 3.05) is 19.0 Å². The Morgan fingerprint density at radius 2 is 2.25 bits per heavy atom. The Bertz CT molecular complexity index is 330. The first-order valence-electron chi connectivity index (χ1n) is 5.48. The van der Waals surface area contributed by atoms with Crippen molar-refractivity contribution >= 4 is 17.4 Å². The maximum absolute atomic E-state index is 6.07. The Hall–Kier alpha value is -0.840. The monoisotopic (exact) mass is 242 g/mol. The van der Waals surface area contributed by atoms with Gasteiger partial charge in [-0.1, -0.05) is 24.9 Å². The molecule has 3 N–H and O–H groups in total. The Balaban J connectivity index is 2.64. The number of aromatic nitrogens is 1. The molecule has 0 bridgehead atoms. The SMILES string of the molecule is CCCCN(C)Cc1nc(NN)ccc1Cl. The predicted molar refractivity (Wildman–Crippen MR) is 68.3 cm³/mol. The molecule has 0 fully saturated rings. The standard InChI is InChI=1S/C11H19ClN4/c1-3-4-7-16(2)8-10-9(12)5-6-11(14-10)15-13/h5-6H,3-4,7-8,13H2,1-2H3,(H,14,15). The summed E-state index contributed by atoms with van der Waals surface area (Å²) in [5.41, 5.74) is 3.38. The second-order valence-corrected chi connectivity index (χ2v) is 4.27. The number of pyridine rings is 1. The highest BCUT2D eigenvalue weighted by Gasteiger charge is 2.06. The van der Waals surface area contributed by atoms with Gasteiger partial charge in [0.2, 0.25) is 0 Å². The van der Waals surface area contributed by atoms with Crippen LogP contribution < -0.4 is 11.3 Å². The van der Waals surface area contributed by atoms with Crippen LogP contribution in [0.4, 0.5) is 5.82 Å². The van der Waals surface area contributed by atoms with Crippen LogP contribution in [0.1, 0.15) is 25.5 Å². The molecule has 0 amide bonds. The molecule has 0 radical (unpaired) electrons. The van der Waals surface area contributed by atoms with Gasteiger partial charge < -0.3 is 10.3 Å². The van der Waals surface area contributed by atoms with Crippen LogP contribution in [-0.4, -0.2) is 23.5 Å². The van der Waals surface area contributed by atoms with Crippen molar-refractivity contribution in [3.8, 4) is 0 Å². The van der Waals surface area contributed by atoms with E-state index in [-0.39, 0.29) is 0 Å². The van der Waals surface area contributed by atoms with Crippen LogP contribution in [0.3, 0.4) is 0 Å². The zero-order chi connectivity index (χ0) is 12.0. The summed E-state index contributed by atoms with van der Waals surface area (Å²) in [6.45, 7) is 3.97. The van der Waals surface area contributed by atoms with Gasteiger partial charge in [0.25, 0.3) is 0 Å². The van der Waals surface area contributed by atoms with Gasteiger partial charge in [0.05, 0.1) is 10.7 Å². The maximum Gasteiger partial charge on any atom is 0.140 e. The highest BCUT2D eigenvalue weighted by molar-refractivity contribution is 6.31. The van der Waals surface area contributed by atoms with Crippen LogP contribution in [0.25, 0.3) is 0 Å². The molecular formula is C11H19ClN4. The average Bonchev–Trinajstić information content (AvgIpc) is 2.29. The van der Waals surface area contributed by atoms with Crippen molar-refractivity contribution in [1.82, 2.24) is 9.88 Å². The zero-order valence-corrected chi connectivity index (χ0v) is 10.6. The topological polar surface area (TPSA) is 54.2 Å². The third kappa shape index (κ3) is 3.96. The van der Waals surface area contributed by atoms with E-state index in [2.05, 4.69) is 29.3 Å². The Kier molecular flexibility index (Phi) is 5.52. The highest BCUT2D eigenvalue weighted by atomic mass is 35.5. The summed E-state index contributed by atoms with van der Waals surface area (Å²) in [4.78, 5) is 6.54. The molecule has 0 saturated carbocycles. The maximum atomic E-state index is 6.07. The van der Waals surface area contributed by atoms with Crippen LogP contribution in [0, 0.1) is 0 Å². The fourth-order valence-electron chi connectivity index (χ4n) is 1.44. The van der Waals surface area contributed by atoms with E-state index in [1.165, 1.54) is 12.8 Å². The molecule has 0 spiro atoms. The van der Waals surface area contributed by atoms with E-state index in [1.54, 1.807) is 6.07 Å². The first-order valence-corrected chi connectivity index (χ1v) is 5.85. The molecular weight excluding hydrogens is 224 g/mol. The number of halogens is 1. The summed E-state index contributed by atoms with van der Waals surface area (Å²) in [5.74, 6) is 5.95. The number of hydrogen-bond acceptors (Lipinski definition) is 4. The zero-order valence-electron chi connectivity index (χ0n) is 9.83. The first-order chi connectivity index (χ1) is 7.67. The number of nitrogens with two attached hydrogens (primary N) is 1. The van der Waals surface area contributed by atoms with Crippen LogP contribution >= 0.6 is 11.6 Å². The summed E-state index contributed by atoms with van der Waals surface area (Å²) in [6.07, 6.45) is 2.37. The van der Waals surface area contributed by atoms with Crippen molar-refractivity contribution in [3.63, 3.8) is 0 Å². The summed E-state index contributed by atoms with van der Waals surface area (Å²) < 4.78 is 0. The Morgan fingerprint density at radius 3 is 2.88 bits per heavy atom. The van der Waals surface area contributed by atoms with Crippen molar-refractivity contribution in [3.05, 3.63) is 22.8 Å². The highest BCUT2D eigenvalue weighted by Crippen LogP contribution is 2.17. The smallest absolute Gasteiger partial charge is 0.140 e. The minimum Gasteiger partial charge on any atom is -0.308 e. The van der Waals surface area contributed by atoms with E-state index < -0.39 is 0 Å². The average molecular weight is 243 g/mol. The van der Waals surface area contributed by atoms with E-state index in [0.717, 1.165) is 18.8 Å². The largest absolute Gasteiger partial charge is 0.308 e. The quantitative estimate of drug-likeness (QED) is 0.594. The second kappa shape index (κ2) is 6.68. The number of hydrogen-bond donors (Lipinski definition) is 2. The van der Waals surface area contributed by atoms with Gasteiger partial charge in [-0.2, -0.15) is 0 Å². The number of anilines is 1. The summed E-state index contributed by atoms with van der Waals surface area (Å²) in [5, 5.41) is 0.683. The number of hydrazine groups is 1. The van der Waals surface area contributed by atoms with Crippen molar-refractivity contribution in [1.29, 1.82) is 0 Å². The molecule has 0 aliphatic rings. The molecule has 4 nitrogen and oxygen atoms in total. The van der Waals surface area contributed by atoms with Crippen LogP contribution in [0.5, 0.6) is 0 Å². The van der Waals surface area contributed by atoms with E-state index in [1.807, 2.05) is 6.07 Å². The molecule has 90 valence electrons. The molecule has 1 heterocycles. The molecule has 0 aliphatic carbocycles. The van der Waals surface area contributed by atoms with Gasteiger partial charge in [-0.25, -0.2) is 10.8 Å². The lowest BCUT2D eigenvalue weighted by atomic mass is 10.3. The van der Waals surface area contributed by atoms with Gasteiger partial charge in [-0.15, -0.1) is 0 Å². The normalized spacial score (nSPS) is 10.8. The lowest BCUT2D eigenvalue weighted by molar-refractivity contribution is 0.317. The summed E-state index contributed by atoms with van der Waals surface area (Å²) in [7, 11) is 2.07. The molecule has 0 atom stereocenters. The lowest BCUT2D eigenvalue weighted by Crippen LogP contribution is -2.20. The number of rotatable bonds is 6. The summed E-state index contributed by atoms with van der Waals surface area (Å²) in [6, 6.07) is 3.57. The molecule has 0 aromatic carbocycles.